The number of ether oxygens (including phenoxy) is 1. The number of pyridine rings is 2. The van der Waals surface area contributed by atoms with Gasteiger partial charge in [-0.3, -0.25) is 4.79 Å². The van der Waals surface area contributed by atoms with E-state index in [2.05, 4.69) is 61.9 Å². The van der Waals surface area contributed by atoms with Gasteiger partial charge in [0.1, 0.15) is 20.5 Å². The largest absolute Gasteiger partial charge is 2.00 e. The number of carbonyl (C=O) groups is 1. The van der Waals surface area contributed by atoms with Crippen molar-refractivity contribution in [2.75, 3.05) is 13.2 Å². The smallest absolute Gasteiger partial charge is 1.00 e. The van der Waals surface area contributed by atoms with Crippen molar-refractivity contribution in [2.24, 2.45) is 0 Å². The Bertz CT molecular complexity index is 872. The fourth-order valence-corrected chi connectivity index (χ4v) is 3.37. The van der Waals surface area contributed by atoms with Gasteiger partial charge in [0.2, 0.25) is 0 Å². The van der Waals surface area contributed by atoms with E-state index in [-0.39, 0.29) is 45.8 Å². The predicted molar refractivity (Wildman–Crippen MR) is 158 cm³/mol. The molecule has 2 aromatic rings. The van der Waals surface area contributed by atoms with Gasteiger partial charge in [-0.05, 0) is 95.2 Å². The summed E-state index contributed by atoms with van der Waals surface area (Å²) in [7, 11) is 0. The van der Waals surface area contributed by atoms with Crippen molar-refractivity contribution in [3.8, 4) is 0 Å². The van der Waals surface area contributed by atoms with Crippen LogP contribution < -0.4 is 17.0 Å². The van der Waals surface area contributed by atoms with E-state index in [9.17, 15) is 9.90 Å². The average Bonchev–Trinajstić information content (AvgIpc) is 3.41. The molecule has 202 valence electrons. The Labute approximate surface area is 267 Å². The number of aliphatic hydroxyl groups is 1. The Morgan fingerprint density at radius 2 is 1.62 bits per heavy atom. The van der Waals surface area contributed by atoms with Crippen molar-refractivity contribution in [3.63, 3.8) is 0 Å². The monoisotopic (exact) mass is 712 g/mol. The molecule has 5 nitrogen and oxygen atoms in total. The first-order chi connectivity index (χ1) is 16.7. The number of aromatic nitrogens is 2. The molecular formula is C28H39Br3MgN2O3. The number of halogens is 3. The van der Waals surface area contributed by atoms with Gasteiger partial charge in [-0.25, -0.2) is 9.97 Å². The van der Waals surface area contributed by atoms with Gasteiger partial charge in [-0.15, -0.1) is 13.2 Å². The van der Waals surface area contributed by atoms with Crippen molar-refractivity contribution in [2.45, 2.75) is 64.4 Å². The number of allylic oxidation sites excluding steroid dienone is 2. The van der Waals surface area contributed by atoms with Crippen molar-refractivity contribution in [1.82, 2.24) is 9.97 Å². The van der Waals surface area contributed by atoms with E-state index >= 15 is 0 Å². The third-order valence-corrected chi connectivity index (χ3v) is 5.53. The second kappa shape index (κ2) is 25.8. The summed E-state index contributed by atoms with van der Waals surface area (Å²) < 4.78 is 6.39. The Hall–Kier alpha value is -0.424. The van der Waals surface area contributed by atoms with E-state index in [4.69, 9.17) is 4.74 Å². The second-order valence-corrected chi connectivity index (χ2v) is 9.58. The first kappa shape index (κ1) is 41.1. The third kappa shape index (κ3) is 22.1. The molecule has 1 aliphatic heterocycles. The molecule has 0 aliphatic carbocycles. The van der Waals surface area contributed by atoms with E-state index in [1.807, 2.05) is 30.4 Å². The molecule has 0 aromatic carbocycles. The quantitative estimate of drug-likeness (QED) is 0.108. The molecule has 9 heteroatoms. The standard InChI is InChI=1S/C12H16BrNO.C7H6BrNO.C5H9.C4H8O.BrH.Mg/c1-3-4-5-9-12(2,15)10-7-6-8-11(13)14-10;1-5(10)6-3-2-4-7(8)9-6;1-3-5-4-2;1-2-4-5-3-1;;/h3,6-8,15H,1,4-5,9H2,2H3;2-4H,1H3;3H,1-2,4-5H2;1-4H2;1H;/q;;-1;;;+2/p-1. The van der Waals surface area contributed by atoms with E-state index in [0.29, 0.717) is 22.4 Å². The molecule has 3 rings (SSSR count). The van der Waals surface area contributed by atoms with Crippen molar-refractivity contribution < 1.29 is 31.6 Å². The number of hydrogen-bond acceptors (Lipinski definition) is 5. The molecule has 1 saturated heterocycles. The van der Waals surface area contributed by atoms with Crippen LogP contribution in [-0.4, -0.2) is 57.1 Å². The number of carbonyl (C=O) groups excluding carboxylic acids is 1. The van der Waals surface area contributed by atoms with Gasteiger partial charge in [0.25, 0.3) is 0 Å². The minimum absolute atomic E-state index is 0. The Balaban J connectivity index is -0.000000453. The molecule has 3 heterocycles. The number of Topliss-reactive ketones (excluding diaryl/α,β-unsaturated/α-hetero) is 1. The predicted octanol–water partition coefficient (Wildman–Crippen LogP) is 4.66. The van der Waals surface area contributed by atoms with Crippen LogP contribution in [0.5, 0.6) is 0 Å². The summed E-state index contributed by atoms with van der Waals surface area (Å²) in [5.74, 6) is -0.0127. The van der Waals surface area contributed by atoms with Gasteiger partial charge in [0, 0.05) is 20.1 Å². The maximum Gasteiger partial charge on any atom is 2.00 e. The zero-order valence-electron chi connectivity index (χ0n) is 22.1. The summed E-state index contributed by atoms with van der Waals surface area (Å²) in [4.78, 5) is 18.9. The van der Waals surface area contributed by atoms with Crippen LogP contribution in [0.1, 0.15) is 75.0 Å². The van der Waals surface area contributed by atoms with E-state index in [1.54, 1.807) is 25.1 Å². The van der Waals surface area contributed by atoms with Gasteiger partial charge in [-0.2, -0.15) is 6.42 Å². The molecule has 0 spiro atoms. The van der Waals surface area contributed by atoms with Gasteiger partial charge >= 0.3 is 23.1 Å². The summed E-state index contributed by atoms with van der Waals surface area (Å²) in [5.41, 5.74) is 0.350. The molecule has 1 N–H and O–H groups in total. The average molecular weight is 716 g/mol. The summed E-state index contributed by atoms with van der Waals surface area (Å²) >= 11 is 6.47. The fourth-order valence-electron chi connectivity index (χ4n) is 2.69. The molecule has 0 amide bonds. The van der Waals surface area contributed by atoms with Crippen LogP contribution in [0, 0.1) is 6.92 Å². The molecule has 0 bridgehead atoms. The molecule has 2 aromatic heterocycles. The van der Waals surface area contributed by atoms with Crippen molar-refractivity contribution >= 4 is 60.7 Å². The number of ketones is 1. The van der Waals surface area contributed by atoms with Crippen LogP contribution >= 0.6 is 31.9 Å². The summed E-state index contributed by atoms with van der Waals surface area (Å²) in [5, 5.41) is 10.2. The topological polar surface area (TPSA) is 72.3 Å². The van der Waals surface area contributed by atoms with Crippen LogP contribution in [0.25, 0.3) is 0 Å². The minimum atomic E-state index is -0.854. The third-order valence-electron chi connectivity index (χ3n) is 4.65. The molecule has 1 fully saturated rings. The number of unbranched alkanes of at least 4 members (excludes halogenated alkanes) is 2. The molecule has 1 atom stereocenters. The molecule has 1 aliphatic rings. The summed E-state index contributed by atoms with van der Waals surface area (Å²) in [6.07, 6.45) is 10.8. The maximum atomic E-state index is 10.7. The summed E-state index contributed by atoms with van der Waals surface area (Å²) in [6, 6.07) is 10.8. The molecule has 1 unspecified atom stereocenters. The Kier molecular flexibility index (Phi) is 28.7. The van der Waals surface area contributed by atoms with E-state index < -0.39 is 5.60 Å². The number of nitrogens with zero attached hydrogens (tertiary/aromatic N) is 2. The van der Waals surface area contributed by atoms with Gasteiger partial charge in [-0.1, -0.05) is 30.7 Å². The molecular weight excluding hydrogens is 676 g/mol. The molecule has 37 heavy (non-hydrogen) atoms. The van der Waals surface area contributed by atoms with Crippen LogP contribution in [-0.2, 0) is 10.3 Å². The van der Waals surface area contributed by atoms with Crippen LogP contribution in [0.4, 0.5) is 0 Å². The summed E-state index contributed by atoms with van der Waals surface area (Å²) in [6.45, 7) is 16.1. The second-order valence-electron chi connectivity index (χ2n) is 7.95. The zero-order chi connectivity index (χ0) is 26.5. The van der Waals surface area contributed by atoms with Gasteiger partial charge < -0.3 is 33.7 Å². The fraction of sp³-hybridized carbons (Fsp3) is 0.429. The van der Waals surface area contributed by atoms with Crippen molar-refractivity contribution in [3.05, 3.63) is 89.2 Å². The molecule has 0 saturated carbocycles. The first-order valence-electron chi connectivity index (χ1n) is 11.8. The minimum Gasteiger partial charge on any atom is -1.00 e. The van der Waals surface area contributed by atoms with Gasteiger partial charge in [0.15, 0.2) is 5.78 Å². The number of hydrogen-bond donors (Lipinski definition) is 1. The first-order valence-corrected chi connectivity index (χ1v) is 13.3. The SMILES string of the molecule is C1CCOC1.C=CCCCC(C)(O)c1cccc(Br)n1.C=CCC[CH2-].CC(=O)c1cccc(Br)n1.[Br-].[Mg+2]. The maximum absolute atomic E-state index is 10.7. The number of rotatable bonds is 8. The van der Waals surface area contributed by atoms with Crippen LogP contribution in [0.15, 0.2) is 70.9 Å². The van der Waals surface area contributed by atoms with E-state index in [0.717, 1.165) is 43.5 Å². The van der Waals surface area contributed by atoms with Crippen molar-refractivity contribution in [1.29, 1.82) is 0 Å². The van der Waals surface area contributed by atoms with Crippen LogP contribution in [0.2, 0.25) is 0 Å². The van der Waals surface area contributed by atoms with Gasteiger partial charge in [0.05, 0.1) is 5.69 Å². The zero-order valence-corrected chi connectivity index (χ0v) is 28.3. The Morgan fingerprint density at radius 1 is 1.08 bits per heavy atom. The van der Waals surface area contributed by atoms with Crippen LogP contribution in [0.3, 0.4) is 0 Å². The molecule has 0 radical (unpaired) electrons. The normalized spacial score (nSPS) is 12.7. The Morgan fingerprint density at radius 3 is 1.97 bits per heavy atom. The van der Waals surface area contributed by atoms with E-state index in [1.165, 1.54) is 19.8 Å².